The largest absolute Gasteiger partial charge is 0.478 e. The molecular formula is C11H11NO4. The van der Waals surface area contributed by atoms with Crippen molar-refractivity contribution < 1.29 is 19.4 Å². The van der Waals surface area contributed by atoms with Crippen molar-refractivity contribution in [1.82, 2.24) is 0 Å². The second-order valence-electron chi connectivity index (χ2n) is 3.57. The van der Waals surface area contributed by atoms with Crippen LogP contribution in [0.2, 0.25) is 0 Å². The van der Waals surface area contributed by atoms with Crippen molar-refractivity contribution in [1.29, 1.82) is 0 Å². The monoisotopic (exact) mass is 221 g/mol. The average molecular weight is 221 g/mol. The predicted molar refractivity (Wildman–Crippen MR) is 56.8 cm³/mol. The Balaban J connectivity index is 2.34. The van der Waals surface area contributed by atoms with Crippen LogP contribution in [-0.2, 0) is 4.74 Å². The zero-order chi connectivity index (χ0) is 11.7. The first-order valence-electron chi connectivity index (χ1n) is 4.88. The van der Waals surface area contributed by atoms with Gasteiger partial charge in [0.05, 0.1) is 12.1 Å². The molecule has 0 aliphatic carbocycles. The van der Waals surface area contributed by atoms with E-state index < -0.39 is 5.97 Å². The molecule has 0 radical (unpaired) electrons. The number of hydrogen-bond acceptors (Lipinski definition) is 3. The number of ether oxygens (including phenoxy) is 1. The highest BCUT2D eigenvalue weighted by molar-refractivity contribution is 5.93. The summed E-state index contributed by atoms with van der Waals surface area (Å²) < 4.78 is 4.81. The number of carbonyl (C=O) groups is 2. The summed E-state index contributed by atoms with van der Waals surface area (Å²) in [5.74, 6) is -0.965. The van der Waals surface area contributed by atoms with E-state index in [4.69, 9.17) is 9.84 Å². The first kappa shape index (κ1) is 10.5. The summed E-state index contributed by atoms with van der Waals surface area (Å²) in [7, 11) is 0. The third-order valence-corrected chi connectivity index (χ3v) is 2.51. The van der Waals surface area contributed by atoms with Gasteiger partial charge in [0.15, 0.2) is 0 Å². The molecule has 1 aliphatic heterocycles. The molecule has 0 atom stereocenters. The van der Waals surface area contributed by atoms with E-state index in [0.29, 0.717) is 24.4 Å². The average Bonchev–Trinajstić information content (AvgIpc) is 2.63. The van der Waals surface area contributed by atoms with Gasteiger partial charge in [0.1, 0.15) is 6.61 Å². The standard InChI is InChI=1S/C11H11NO4/c1-7-6-8(2-3-9(7)10(13)14)12-4-5-16-11(12)15/h2-3,6H,4-5H2,1H3,(H,13,14). The minimum Gasteiger partial charge on any atom is -0.478 e. The van der Waals surface area contributed by atoms with Crippen LogP contribution in [0.1, 0.15) is 15.9 Å². The minimum absolute atomic E-state index is 0.247. The zero-order valence-electron chi connectivity index (χ0n) is 8.77. The molecule has 1 amide bonds. The van der Waals surface area contributed by atoms with Crippen LogP contribution in [0.25, 0.3) is 0 Å². The summed E-state index contributed by atoms with van der Waals surface area (Å²) in [4.78, 5) is 23.6. The number of carboxylic acid groups (broad SMARTS) is 1. The molecule has 0 spiro atoms. The Hall–Kier alpha value is -2.04. The smallest absolute Gasteiger partial charge is 0.414 e. The highest BCUT2D eigenvalue weighted by Gasteiger charge is 2.24. The number of amides is 1. The Morgan fingerprint density at radius 2 is 2.25 bits per heavy atom. The maximum Gasteiger partial charge on any atom is 0.414 e. The van der Waals surface area contributed by atoms with Crippen molar-refractivity contribution in [2.45, 2.75) is 6.92 Å². The van der Waals surface area contributed by atoms with Gasteiger partial charge in [-0.15, -0.1) is 0 Å². The summed E-state index contributed by atoms with van der Waals surface area (Å²) in [6.45, 7) is 2.58. The van der Waals surface area contributed by atoms with E-state index in [1.807, 2.05) is 0 Å². The lowest BCUT2D eigenvalue weighted by molar-refractivity contribution is 0.0696. The van der Waals surface area contributed by atoms with Gasteiger partial charge in [0.25, 0.3) is 0 Å². The van der Waals surface area contributed by atoms with Crippen LogP contribution >= 0.6 is 0 Å². The van der Waals surface area contributed by atoms with Gasteiger partial charge in [-0.3, -0.25) is 4.90 Å². The van der Waals surface area contributed by atoms with Gasteiger partial charge in [-0.1, -0.05) is 0 Å². The summed E-state index contributed by atoms with van der Waals surface area (Å²) >= 11 is 0. The maximum atomic E-state index is 11.3. The van der Waals surface area contributed by atoms with E-state index in [2.05, 4.69) is 0 Å². The minimum atomic E-state index is -0.965. The van der Waals surface area contributed by atoms with Gasteiger partial charge in [-0.05, 0) is 30.7 Å². The van der Waals surface area contributed by atoms with Crippen molar-refractivity contribution >= 4 is 17.7 Å². The van der Waals surface area contributed by atoms with Crippen LogP contribution in [0.3, 0.4) is 0 Å². The van der Waals surface area contributed by atoms with Gasteiger partial charge in [-0.2, -0.15) is 0 Å². The number of anilines is 1. The van der Waals surface area contributed by atoms with E-state index in [1.165, 1.54) is 11.0 Å². The maximum absolute atomic E-state index is 11.3. The summed E-state index contributed by atoms with van der Waals surface area (Å²) in [5.41, 5.74) is 1.55. The number of aryl methyl sites for hydroxylation is 1. The Bertz CT molecular complexity index is 455. The molecule has 1 saturated heterocycles. The van der Waals surface area contributed by atoms with Gasteiger partial charge >= 0.3 is 12.1 Å². The molecule has 1 N–H and O–H groups in total. The van der Waals surface area contributed by atoms with Crippen LogP contribution in [0.4, 0.5) is 10.5 Å². The third-order valence-electron chi connectivity index (χ3n) is 2.51. The van der Waals surface area contributed by atoms with Crippen LogP contribution in [0.15, 0.2) is 18.2 Å². The topological polar surface area (TPSA) is 66.8 Å². The zero-order valence-corrected chi connectivity index (χ0v) is 8.77. The Labute approximate surface area is 92.2 Å². The molecule has 1 fully saturated rings. The quantitative estimate of drug-likeness (QED) is 0.824. The second kappa shape index (κ2) is 3.84. The van der Waals surface area contributed by atoms with Gasteiger partial charge < -0.3 is 9.84 Å². The third kappa shape index (κ3) is 1.71. The van der Waals surface area contributed by atoms with Crippen molar-refractivity contribution in [3.63, 3.8) is 0 Å². The molecule has 0 bridgehead atoms. The number of hydrogen-bond donors (Lipinski definition) is 1. The van der Waals surface area contributed by atoms with E-state index in [0.717, 1.165) is 0 Å². The number of carbonyl (C=O) groups excluding carboxylic acids is 1. The lowest BCUT2D eigenvalue weighted by Gasteiger charge is -2.13. The first-order valence-corrected chi connectivity index (χ1v) is 4.88. The molecule has 0 unspecified atom stereocenters. The highest BCUT2D eigenvalue weighted by atomic mass is 16.6. The summed E-state index contributed by atoms with van der Waals surface area (Å²) in [5, 5.41) is 8.87. The fraction of sp³-hybridized carbons (Fsp3) is 0.273. The molecule has 0 saturated carbocycles. The summed E-state index contributed by atoms with van der Waals surface area (Å²) in [6, 6.07) is 4.79. The number of aromatic carboxylic acids is 1. The van der Waals surface area contributed by atoms with Crippen LogP contribution in [-0.4, -0.2) is 30.3 Å². The molecule has 5 heteroatoms. The molecule has 1 heterocycles. The molecule has 1 aromatic carbocycles. The van der Waals surface area contributed by atoms with Gasteiger partial charge in [0.2, 0.25) is 0 Å². The molecule has 1 aliphatic rings. The SMILES string of the molecule is Cc1cc(N2CCOC2=O)ccc1C(=O)O. The fourth-order valence-electron chi connectivity index (χ4n) is 1.68. The lowest BCUT2D eigenvalue weighted by Crippen LogP contribution is -2.23. The van der Waals surface area contributed by atoms with E-state index in [9.17, 15) is 9.59 Å². The van der Waals surface area contributed by atoms with Crippen LogP contribution in [0, 0.1) is 6.92 Å². The fourth-order valence-corrected chi connectivity index (χ4v) is 1.68. The molecule has 2 rings (SSSR count). The number of benzene rings is 1. The van der Waals surface area contributed by atoms with Gasteiger partial charge in [-0.25, -0.2) is 9.59 Å². The number of rotatable bonds is 2. The Morgan fingerprint density at radius 3 is 2.75 bits per heavy atom. The van der Waals surface area contributed by atoms with Crippen molar-refractivity contribution in [3.8, 4) is 0 Å². The molecular weight excluding hydrogens is 210 g/mol. The van der Waals surface area contributed by atoms with Gasteiger partial charge in [0, 0.05) is 5.69 Å². The van der Waals surface area contributed by atoms with E-state index >= 15 is 0 Å². The Morgan fingerprint density at radius 1 is 1.50 bits per heavy atom. The molecule has 0 aromatic heterocycles. The molecule has 1 aromatic rings. The molecule has 16 heavy (non-hydrogen) atoms. The van der Waals surface area contributed by atoms with E-state index in [1.54, 1.807) is 19.1 Å². The first-order chi connectivity index (χ1) is 7.59. The van der Waals surface area contributed by atoms with Crippen molar-refractivity contribution in [3.05, 3.63) is 29.3 Å². The van der Waals surface area contributed by atoms with Crippen LogP contribution in [0.5, 0.6) is 0 Å². The summed E-state index contributed by atoms with van der Waals surface area (Å²) in [6.07, 6.45) is -0.387. The number of carboxylic acids is 1. The molecule has 5 nitrogen and oxygen atoms in total. The van der Waals surface area contributed by atoms with Crippen molar-refractivity contribution in [2.24, 2.45) is 0 Å². The predicted octanol–water partition coefficient (Wildman–Crippen LogP) is 1.65. The Kier molecular flexibility index (Phi) is 2.52. The number of cyclic esters (lactones) is 1. The highest BCUT2D eigenvalue weighted by Crippen LogP contribution is 2.22. The normalized spacial score (nSPS) is 15.1. The molecule has 84 valence electrons. The lowest BCUT2D eigenvalue weighted by atomic mass is 10.1. The number of nitrogens with zero attached hydrogens (tertiary/aromatic N) is 1. The van der Waals surface area contributed by atoms with Crippen LogP contribution < -0.4 is 4.90 Å². The van der Waals surface area contributed by atoms with Crippen molar-refractivity contribution in [2.75, 3.05) is 18.1 Å². The second-order valence-corrected chi connectivity index (χ2v) is 3.57. The van der Waals surface area contributed by atoms with E-state index in [-0.39, 0.29) is 11.7 Å².